The Bertz CT molecular complexity index is 554. The highest BCUT2D eigenvalue weighted by atomic mass is 35.5. The van der Waals surface area contributed by atoms with Crippen LogP contribution in [0.2, 0.25) is 5.02 Å². The Morgan fingerprint density at radius 1 is 1.44 bits per heavy atom. The van der Waals surface area contributed by atoms with Gasteiger partial charge in [-0.05, 0) is 29.6 Å². The zero-order valence-electron chi connectivity index (χ0n) is 9.76. The van der Waals surface area contributed by atoms with Crippen molar-refractivity contribution >= 4 is 34.6 Å². The molecule has 0 radical (unpaired) electrons. The fourth-order valence-corrected chi connectivity index (χ4v) is 2.66. The summed E-state index contributed by atoms with van der Waals surface area (Å²) < 4.78 is 0. The molecule has 0 bridgehead atoms. The summed E-state index contributed by atoms with van der Waals surface area (Å²) in [6, 6.07) is 8.92. The number of carboxylic acids is 1. The van der Waals surface area contributed by atoms with Gasteiger partial charge < -0.3 is 10.0 Å². The average Bonchev–Trinajstić information content (AvgIpc) is 2.81. The van der Waals surface area contributed by atoms with E-state index in [4.69, 9.17) is 11.6 Å². The normalized spacial score (nSPS) is 10.3. The van der Waals surface area contributed by atoms with Crippen molar-refractivity contribution in [3.05, 3.63) is 51.2 Å². The number of halogens is 1. The molecule has 3 nitrogen and oxygen atoms in total. The van der Waals surface area contributed by atoms with Gasteiger partial charge in [-0.3, -0.25) is 0 Å². The summed E-state index contributed by atoms with van der Waals surface area (Å²) >= 11 is 7.48. The summed E-state index contributed by atoms with van der Waals surface area (Å²) in [6.07, 6.45) is 0. The number of hydrogen-bond donors (Lipinski definition) is 1. The minimum Gasteiger partial charge on any atom is -0.478 e. The van der Waals surface area contributed by atoms with Gasteiger partial charge in [0.05, 0.1) is 17.8 Å². The van der Waals surface area contributed by atoms with E-state index in [2.05, 4.69) is 0 Å². The smallest absolute Gasteiger partial charge is 0.337 e. The lowest BCUT2D eigenvalue weighted by Gasteiger charge is -2.20. The Morgan fingerprint density at radius 3 is 2.83 bits per heavy atom. The van der Waals surface area contributed by atoms with E-state index in [1.165, 1.54) is 10.9 Å². The first-order valence-corrected chi connectivity index (χ1v) is 6.60. The van der Waals surface area contributed by atoms with Gasteiger partial charge in [0.2, 0.25) is 0 Å². The van der Waals surface area contributed by atoms with Crippen LogP contribution in [0, 0.1) is 0 Å². The average molecular weight is 282 g/mol. The van der Waals surface area contributed by atoms with E-state index in [1.807, 2.05) is 29.5 Å². The van der Waals surface area contributed by atoms with Crippen LogP contribution < -0.4 is 4.90 Å². The second kappa shape index (κ2) is 5.42. The van der Waals surface area contributed by atoms with Crippen molar-refractivity contribution in [2.75, 3.05) is 11.9 Å². The second-order valence-electron chi connectivity index (χ2n) is 3.90. The van der Waals surface area contributed by atoms with E-state index in [0.717, 1.165) is 0 Å². The minimum atomic E-state index is -0.967. The maximum absolute atomic E-state index is 11.2. The summed E-state index contributed by atoms with van der Waals surface area (Å²) in [5.74, 6) is -0.967. The molecule has 18 heavy (non-hydrogen) atoms. The van der Waals surface area contributed by atoms with Gasteiger partial charge in [-0.15, -0.1) is 11.3 Å². The Kier molecular flexibility index (Phi) is 3.89. The first kappa shape index (κ1) is 12.9. The van der Waals surface area contributed by atoms with Gasteiger partial charge in [0.15, 0.2) is 0 Å². The largest absolute Gasteiger partial charge is 0.478 e. The van der Waals surface area contributed by atoms with Gasteiger partial charge in [-0.25, -0.2) is 4.79 Å². The third-order valence-electron chi connectivity index (χ3n) is 2.57. The highest BCUT2D eigenvalue weighted by Crippen LogP contribution is 2.25. The molecule has 5 heteroatoms. The van der Waals surface area contributed by atoms with E-state index in [-0.39, 0.29) is 5.56 Å². The van der Waals surface area contributed by atoms with Crippen molar-refractivity contribution < 1.29 is 9.90 Å². The van der Waals surface area contributed by atoms with Crippen molar-refractivity contribution in [1.29, 1.82) is 0 Å². The van der Waals surface area contributed by atoms with Crippen molar-refractivity contribution in [3.8, 4) is 0 Å². The molecule has 0 saturated carbocycles. The standard InChI is InChI=1S/C13H12ClNO2S/c1-15(8-10-3-2-6-18-10)12-5-4-9(14)7-11(12)13(16)17/h2-7H,8H2,1H3,(H,16,17). The number of thiophene rings is 1. The van der Waals surface area contributed by atoms with Crippen LogP contribution in [0.1, 0.15) is 15.2 Å². The number of aromatic carboxylic acids is 1. The zero-order chi connectivity index (χ0) is 13.1. The lowest BCUT2D eigenvalue weighted by Crippen LogP contribution is -2.18. The fourth-order valence-electron chi connectivity index (χ4n) is 1.73. The number of nitrogens with zero attached hydrogens (tertiary/aromatic N) is 1. The molecule has 2 rings (SSSR count). The third kappa shape index (κ3) is 2.83. The second-order valence-corrected chi connectivity index (χ2v) is 5.37. The molecule has 1 heterocycles. The lowest BCUT2D eigenvalue weighted by molar-refractivity contribution is 0.0697. The molecule has 0 atom stereocenters. The maximum atomic E-state index is 11.2. The van der Waals surface area contributed by atoms with E-state index in [1.54, 1.807) is 23.5 Å². The predicted octanol–water partition coefficient (Wildman–Crippen LogP) is 3.74. The molecule has 1 aromatic carbocycles. The molecule has 1 aromatic heterocycles. The van der Waals surface area contributed by atoms with Gasteiger partial charge in [-0.1, -0.05) is 17.7 Å². The van der Waals surface area contributed by atoms with Gasteiger partial charge in [-0.2, -0.15) is 0 Å². The van der Waals surface area contributed by atoms with Crippen LogP contribution in [-0.2, 0) is 6.54 Å². The Balaban J connectivity index is 2.29. The van der Waals surface area contributed by atoms with E-state index >= 15 is 0 Å². The van der Waals surface area contributed by atoms with Gasteiger partial charge in [0.25, 0.3) is 0 Å². The number of anilines is 1. The summed E-state index contributed by atoms with van der Waals surface area (Å²) in [5.41, 5.74) is 0.891. The van der Waals surface area contributed by atoms with Crippen molar-refractivity contribution in [1.82, 2.24) is 0 Å². The van der Waals surface area contributed by atoms with E-state index in [0.29, 0.717) is 17.3 Å². The Hall–Kier alpha value is -1.52. The van der Waals surface area contributed by atoms with Crippen molar-refractivity contribution in [3.63, 3.8) is 0 Å². The Labute approximate surface area is 114 Å². The SMILES string of the molecule is CN(Cc1cccs1)c1ccc(Cl)cc1C(=O)O. The van der Waals surface area contributed by atoms with Crippen molar-refractivity contribution in [2.24, 2.45) is 0 Å². The number of hydrogen-bond acceptors (Lipinski definition) is 3. The van der Waals surface area contributed by atoms with Crippen LogP contribution in [0.25, 0.3) is 0 Å². The number of carboxylic acid groups (broad SMARTS) is 1. The topological polar surface area (TPSA) is 40.5 Å². The molecule has 0 unspecified atom stereocenters. The molecule has 0 fully saturated rings. The monoisotopic (exact) mass is 281 g/mol. The fraction of sp³-hybridized carbons (Fsp3) is 0.154. The van der Waals surface area contributed by atoms with Gasteiger partial charge >= 0.3 is 5.97 Å². The molecule has 2 aromatic rings. The van der Waals surface area contributed by atoms with Crippen LogP contribution in [0.4, 0.5) is 5.69 Å². The molecular weight excluding hydrogens is 270 g/mol. The number of benzene rings is 1. The molecule has 94 valence electrons. The summed E-state index contributed by atoms with van der Waals surface area (Å²) in [6.45, 7) is 0.680. The first-order valence-electron chi connectivity index (χ1n) is 5.34. The summed E-state index contributed by atoms with van der Waals surface area (Å²) in [5, 5.41) is 11.6. The molecule has 0 spiro atoms. The Morgan fingerprint density at radius 2 is 2.22 bits per heavy atom. The van der Waals surface area contributed by atoms with Gasteiger partial charge in [0.1, 0.15) is 0 Å². The molecule has 0 saturated heterocycles. The molecule has 0 aliphatic carbocycles. The quantitative estimate of drug-likeness (QED) is 0.928. The molecule has 1 N–H and O–H groups in total. The number of carbonyl (C=O) groups is 1. The van der Waals surface area contributed by atoms with Crippen LogP contribution in [0.5, 0.6) is 0 Å². The minimum absolute atomic E-state index is 0.224. The maximum Gasteiger partial charge on any atom is 0.337 e. The van der Waals surface area contributed by atoms with E-state index in [9.17, 15) is 9.90 Å². The zero-order valence-corrected chi connectivity index (χ0v) is 11.3. The molecular formula is C13H12ClNO2S. The number of rotatable bonds is 4. The van der Waals surface area contributed by atoms with E-state index < -0.39 is 5.97 Å². The highest BCUT2D eigenvalue weighted by molar-refractivity contribution is 7.09. The van der Waals surface area contributed by atoms with Crippen LogP contribution in [0.3, 0.4) is 0 Å². The molecule has 0 amide bonds. The molecule has 0 aliphatic rings. The summed E-state index contributed by atoms with van der Waals surface area (Å²) in [4.78, 5) is 14.3. The van der Waals surface area contributed by atoms with Crippen LogP contribution in [0.15, 0.2) is 35.7 Å². The van der Waals surface area contributed by atoms with Crippen molar-refractivity contribution in [2.45, 2.75) is 6.54 Å². The van der Waals surface area contributed by atoms with Crippen LogP contribution >= 0.6 is 22.9 Å². The lowest BCUT2D eigenvalue weighted by atomic mass is 10.1. The highest BCUT2D eigenvalue weighted by Gasteiger charge is 2.14. The summed E-state index contributed by atoms with van der Waals surface area (Å²) in [7, 11) is 1.87. The van der Waals surface area contributed by atoms with Crippen LogP contribution in [-0.4, -0.2) is 18.1 Å². The van der Waals surface area contributed by atoms with Gasteiger partial charge in [0, 0.05) is 16.9 Å². The molecule has 0 aliphatic heterocycles. The predicted molar refractivity (Wildman–Crippen MR) is 74.8 cm³/mol. The first-order chi connectivity index (χ1) is 8.58. The third-order valence-corrected chi connectivity index (χ3v) is 3.67.